The lowest BCUT2D eigenvalue weighted by Gasteiger charge is -2.15. The number of nitrogens with one attached hydrogen (secondary N) is 1. The fraction of sp³-hybridized carbons (Fsp3) is 0.500. The van der Waals surface area contributed by atoms with Crippen molar-refractivity contribution in [2.24, 2.45) is 0 Å². The Balaban J connectivity index is 1.68. The molecule has 0 unspecified atom stereocenters. The van der Waals surface area contributed by atoms with Crippen LogP contribution in [0.2, 0.25) is 0 Å². The second-order valence-corrected chi connectivity index (χ2v) is 9.69. The summed E-state index contributed by atoms with van der Waals surface area (Å²) in [5.74, 6) is 0.701. The molecule has 2 aromatic heterocycles. The van der Waals surface area contributed by atoms with E-state index in [1.54, 1.807) is 19.3 Å². The minimum absolute atomic E-state index is 0.0213. The molecule has 3 rings (SSSR count). The predicted octanol–water partition coefficient (Wildman–Crippen LogP) is 1.14. The molecule has 0 aromatic carbocycles. The molecule has 0 spiro atoms. The minimum Gasteiger partial charge on any atom is -0.351 e. The molecule has 140 valence electrons. The first-order chi connectivity index (χ1) is 12.4. The van der Waals surface area contributed by atoms with Crippen LogP contribution in [0.5, 0.6) is 0 Å². The first kappa shape index (κ1) is 18.8. The van der Waals surface area contributed by atoms with Crippen LogP contribution < -0.4 is 5.32 Å². The Bertz CT molecular complexity index is 883. The van der Waals surface area contributed by atoms with E-state index in [0.29, 0.717) is 18.1 Å². The summed E-state index contributed by atoms with van der Waals surface area (Å²) in [4.78, 5) is 16.4. The van der Waals surface area contributed by atoms with E-state index >= 15 is 0 Å². The van der Waals surface area contributed by atoms with Crippen molar-refractivity contribution in [1.29, 1.82) is 0 Å². The summed E-state index contributed by atoms with van der Waals surface area (Å²) in [6, 6.07) is 3.43. The van der Waals surface area contributed by atoms with Gasteiger partial charge in [-0.1, -0.05) is 11.8 Å². The molecule has 0 aliphatic carbocycles. The predicted molar refractivity (Wildman–Crippen MR) is 99.4 cm³/mol. The molecule has 1 fully saturated rings. The fourth-order valence-electron chi connectivity index (χ4n) is 2.81. The van der Waals surface area contributed by atoms with Gasteiger partial charge in [-0.05, 0) is 32.4 Å². The van der Waals surface area contributed by atoms with Gasteiger partial charge < -0.3 is 9.88 Å². The number of hydrogen-bond acceptors (Lipinski definition) is 7. The van der Waals surface area contributed by atoms with Crippen molar-refractivity contribution in [3.63, 3.8) is 0 Å². The number of carbonyl (C=O) groups excluding carboxylic acids is 1. The molecule has 2 atom stereocenters. The third kappa shape index (κ3) is 4.24. The summed E-state index contributed by atoms with van der Waals surface area (Å²) in [6.45, 7) is 4.44. The zero-order valence-corrected chi connectivity index (χ0v) is 16.3. The molecule has 0 radical (unpaired) electrons. The number of rotatable bonds is 6. The van der Waals surface area contributed by atoms with E-state index in [1.165, 1.54) is 11.8 Å². The zero-order chi connectivity index (χ0) is 18.7. The highest BCUT2D eigenvalue weighted by atomic mass is 32.2. The Morgan fingerprint density at radius 1 is 1.38 bits per heavy atom. The summed E-state index contributed by atoms with van der Waals surface area (Å²) < 4.78 is 25.0. The van der Waals surface area contributed by atoms with Crippen LogP contribution in [0.3, 0.4) is 0 Å². The van der Waals surface area contributed by atoms with Crippen LogP contribution in [-0.4, -0.2) is 56.9 Å². The maximum Gasteiger partial charge on any atom is 0.233 e. The van der Waals surface area contributed by atoms with E-state index in [-0.39, 0.29) is 23.5 Å². The lowest BCUT2D eigenvalue weighted by atomic mass is 10.2. The third-order valence-corrected chi connectivity index (χ3v) is 7.05. The van der Waals surface area contributed by atoms with Gasteiger partial charge in [0.15, 0.2) is 20.8 Å². The van der Waals surface area contributed by atoms with E-state index in [1.807, 2.05) is 23.6 Å². The summed E-state index contributed by atoms with van der Waals surface area (Å²) in [5.41, 5.74) is 0.912. The molecule has 0 saturated carbocycles. The van der Waals surface area contributed by atoms with Gasteiger partial charge in [0.25, 0.3) is 0 Å². The molecule has 1 N–H and O–H groups in total. The summed E-state index contributed by atoms with van der Waals surface area (Å²) in [5, 5.41) is 11.5. The molecule has 1 amide bonds. The van der Waals surface area contributed by atoms with Crippen LogP contribution in [0.4, 0.5) is 0 Å². The zero-order valence-electron chi connectivity index (χ0n) is 14.6. The third-order valence-electron chi connectivity index (χ3n) is 4.20. The van der Waals surface area contributed by atoms with Crippen molar-refractivity contribution in [2.45, 2.75) is 43.3 Å². The Hall–Kier alpha value is -1.94. The first-order valence-corrected chi connectivity index (χ1v) is 11.1. The Labute approximate surface area is 156 Å². The molecule has 3 heterocycles. The van der Waals surface area contributed by atoms with E-state index < -0.39 is 15.1 Å². The quantitative estimate of drug-likeness (QED) is 0.731. The standard InChI is InChI=1S/C16H21N5O3S2/c1-3-21-14(12-4-7-17-8-5-12)19-20-16(21)25-11(2)15(22)18-13-6-9-26(23,24)10-13/h4-5,7-8,11,13H,3,6,9-10H2,1-2H3,(H,18,22)/t11-,13+/m0/s1. The van der Waals surface area contributed by atoms with Gasteiger partial charge >= 0.3 is 0 Å². The molecule has 1 aliphatic rings. The molecular formula is C16H21N5O3S2. The summed E-state index contributed by atoms with van der Waals surface area (Å²) in [7, 11) is -3.02. The largest absolute Gasteiger partial charge is 0.351 e. The van der Waals surface area contributed by atoms with Gasteiger partial charge in [-0.2, -0.15) is 0 Å². The van der Waals surface area contributed by atoms with Crippen LogP contribution in [-0.2, 0) is 21.2 Å². The summed E-state index contributed by atoms with van der Waals surface area (Å²) in [6.07, 6.45) is 3.87. The number of pyridine rings is 1. The van der Waals surface area contributed by atoms with E-state index in [4.69, 9.17) is 0 Å². The average Bonchev–Trinajstić information content (AvgIpc) is 3.17. The number of thioether (sulfide) groups is 1. The second kappa shape index (κ2) is 7.75. The van der Waals surface area contributed by atoms with E-state index in [9.17, 15) is 13.2 Å². The highest BCUT2D eigenvalue weighted by Crippen LogP contribution is 2.26. The minimum atomic E-state index is -3.02. The Kier molecular flexibility index (Phi) is 5.61. The van der Waals surface area contributed by atoms with Gasteiger partial charge in [-0.15, -0.1) is 10.2 Å². The van der Waals surface area contributed by atoms with Gasteiger partial charge in [-0.25, -0.2) is 8.42 Å². The summed E-state index contributed by atoms with van der Waals surface area (Å²) >= 11 is 1.31. The van der Waals surface area contributed by atoms with Crippen molar-refractivity contribution >= 4 is 27.5 Å². The highest BCUT2D eigenvalue weighted by Gasteiger charge is 2.30. The molecule has 8 nitrogen and oxygen atoms in total. The fourth-order valence-corrected chi connectivity index (χ4v) is 5.41. The van der Waals surface area contributed by atoms with Crippen LogP contribution in [0.15, 0.2) is 29.7 Å². The van der Waals surface area contributed by atoms with Crippen LogP contribution in [0.1, 0.15) is 20.3 Å². The number of aromatic nitrogens is 4. The molecule has 0 bridgehead atoms. The highest BCUT2D eigenvalue weighted by molar-refractivity contribution is 8.00. The van der Waals surface area contributed by atoms with Crippen molar-refractivity contribution < 1.29 is 13.2 Å². The van der Waals surface area contributed by atoms with Gasteiger partial charge in [-0.3, -0.25) is 9.78 Å². The Morgan fingerprint density at radius 3 is 2.73 bits per heavy atom. The number of hydrogen-bond donors (Lipinski definition) is 1. The number of amides is 1. The molecular weight excluding hydrogens is 374 g/mol. The first-order valence-electron chi connectivity index (χ1n) is 8.40. The second-order valence-electron chi connectivity index (χ2n) is 6.15. The van der Waals surface area contributed by atoms with Crippen molar-refractivity contribution in [3.05, 3.63) is 24.5 Å². The van der Waals surface area contributed by atoms with Crippen molar-refractivity contribution in [1.82, 2.24) is 25.1 Å². The monoisotopic (exact) mass is 395 g/mol. The molecule has 1 saturated heterocycles. The molecule has 26 heavy (non-hydrogen) atoms. The normalized spacial score (nSPS) is 20.0. The number of carbonyl (C=O) groups is 1. The Morgan fingerprint density at radius 2 is 2.12 bits per heavy atom. The average molecular weight is 396 g/mol. The molecule has 10 heteroatoms. The van der Waals surface area contributed by atoms with Gasteiger partial charge in [0.2, 0.25) is 5.91 Å². The number of nitrogens with zero attached hydrogens (tertiary/aromatic N) is 4. The van der Waals surface area contributed by atoms with Gasteiger partial charge in [0.05, 0.1) is 16.8 Å². The van der Waals surface area contributed by atoms with Crippen LogP contribution in [0, 0.1) is 0 Å². The lowest BCUT2D eigenvalue weighted by molar-refractivity contribution is -0.120. The van der Waals surface area contributed by atoms with Gasteiger partial charge in [0.1, 0.15) is 0 Å². The topological polar surface area (TPSA) is 107 Å². The molecule has 1 aliphatic heterocycles. The van der Waals surface area contributed by atoms with Crippen LogP contribution >= 0.6 is 11.8 Å². The maximum atomic E-state index is 12.4. The number of sulfone groups is 1. The van der Waals surface area contributed by atoms with Crippen molar-refractivity contribution in [3.8, 4) is 11.4 Å². The van der Waals surface area contributed by atoms with Crippen LogP contribution in [0.25, 0.3) is 11.4 Å². The van der Waals surface area contributed by atoms with Crippen molar-refractivity contribution in [2.75, 3.05) is 11.5 Å². The van der Waals surface area contributed by atoms with E-state index in [0.717, 1.165) is 11.4 Å². The smallest absolute Gasteiger partial charge is 0.233 e. The lowest BCUT2D eigenvalue weighted by Crippen LogP contribution is -2.40. The van der Waals surface area contributed by atoms with E-state index in [2.05, 4.69) is 20.5 Å². The molecule has 2 aromatic rings. The van der Waals surface area contributed by atoms with Gasteiger partial charge in [0, 0.05) is 30.5 Å². The maximum absolute atomic E-state index is 12.4. The SMILES string of the molecule is CCn1c(S[C@@H](C)C(=O)N[C@@H]2CCS(=O)(=O)C2)nnc1-c1ccncc1.